The number of thiophene rings is 2. The van der Waals surface area contributed by atoms with Crippen molar-refractivity contribution in [2.45, 2.75) is 28.8 Å². The molecule has 13 heteroatoms. The highest BCUT2D eigenvalue weighted by molar-refractivity contribution is 7.91. The smallest absolute Gasteiger partial charge is 0.254 e. The number of ether oxygens (including phenoxy) is 1. The maximum atomic E-state index is 13.5. The molecule has 4 rings (SSSR count). The van der Waals surface area contributed by atoms with Crippen molar-refractivity contribution >= 4 is 56.5 Å². The number of likely N-dealkylation sites (N-methyl/N-ethyl adjacent to an activating group) is 1. The van der Waals surface area contributed by atoms with Crippen LogP contribution < -0.4 is 0 Å². The van der Waals surface area contributed by atoms with Gasteiger partial charge in [0.25, 0.3) is 10.0 Å². The Morgan fingerprint density at radius 3 is 2.68 bits per heavy atom. The highest BCUT2D eigenvalue weighted by Gasteiger charge is 2.46. The molecule has 1 unspecified atom stereocenters. The van der Waals surface area contributed by atoms with E-state index in [1.54, 1.807) is 12.1 Å². The molecule has 4 heterocycles. The quantitative estimate of drug-likeness (QED) is 0.371. The van der Waals surface area contributed by atoms with Gasteiger partial charge in [-0.25, -0.2) is 8.42 Å². The van der Waals surface area contributed by atoms with E-state index in [0.717, 1.165) is 31.9 Å². The summed E-state index contributed by atoms with van der Waals surface area (Å²) in [5, 5.41) is 9.36. The zero-order chi connectivity index (χ0) is 24.5. The van der Waals surface area contributed by atoms with Crippen molar-refractivity contribution in [3.63, 3.8) is 0 Å². The summed E-state index contributed by atoms with van der Waals surface area (Å²) < 4.78 is 34.3. The third-order valence-electron chi connectivity index (χ3n) is 5.92. The summed E-state index contributed by atoms with van der Waals surface area (Å²) in [5.41, 5.74) is 0. The topological polar surface area (TPSA) is 111 Å². The van der Waals surface area contributed by atoms with Gasteiger partial charge in [-0.1, -0.05) is 11.6 Å². The van der Waals surface area contributed by atoms with Crippen molar-refractivity contribution in [3.05, 3.63) is 28.6 Å². The van der Waals surface area contributed by atoms with E-state index in [0.29, 0.717) is 23.8 Å². The predicted octanol–water partition coefficient (Wildman–Crippen LogP) is 2.14. The molecule has 2 aromatic heterocycles. The number of nitriles is 1. The van der Waals surface area contributed by atoms with Crippen molar-refractivity contribution < 1.29 is 22.7 Å². The van der Waals surface area contributed by atoms with Crippen LogP contribution in [0.1, 0.15) is 6.42 Å². The van der Waals surface area contributed by atoms with E-state index < -0.39 is 40.7 Å². The average molecular weight is 543 g/mol. The number of hydrogen-bond donors (Lipinski definition) is 0. The third kappa shape index (κ3) is 4.92. The van der Waals surface area contributed by atoms with Crippen LogP contribution in [-0.2, 0) is 24.3 Å². The summed E-state index contributed by atoms with van der Waals surface area (Å²) >= 11 is 8.39. The first-order chi connectivity index (χ1) is 16.3. The number of carbonyl (C=O) groups excluding carboxylic acids is 2. The van der Waals surface area contributed by atoms with Crippen molar-refractivity contribution in [1.29, 1.82) is 5.26 Å². The fourth-order valence-corrected chi connectivity index (χ4v) is 8.29. The molecule has 0 N–H and O–H groups in total. The number of sulfonamides is 1. The van der Waals surface area contributed by atoms with Gasteiger partial charge in [-0.3, -0.25) is 4.79 Å². The fraction of sp³-hybridized carbons (Fsp3) is 0.476. The monoisotopic (exact) mass is 542 g/mol. The molecule has 0 spiro atoms. The summed E-state index contributed by atoms with van der Waals surface area (Å²) in [7, 11) is -2.21. The predicted molar refractivity (Wildman–Crippen MR) is 129 cm³/mol. The second-order valence-corrected chi connectivity index (χ2v) is 13.0. The van der Waals surface area contributed by atoms with Gasteiger partial charge < -0.3 is 19.3 Å². The van der Waals surface area contributed by atoms with Crippen LogP contribution in [0.2, 0.25) is 4.34 Å². The Labute approximate surface area is 211 Å². The molecule has 2 fully saturated rings. The highest BCUT2D eigenvalue weighted by atomic mass is 35.5. The molecule has 2 aliphatic heterocycles. The van der Waals surface area contributed by atoms with Crippen molar-refractivity contribution in [3.8, 4) is 15.8 Å². The summed E-state index contributed by atoms with van der Waals surface area (Å²) in [6, 6.07) is 6.71. The van der Waals surface area contributed by atoms with E-state index in [2.05, 4.69) is 0 Å². The molecular formula is C21H23ClN4O5S3. The lowest BCUT2D eigenvalue weighted by Crippen LogP contribution is -2.55. The van der Waals surface area contributed by atoms with Gasteiger partial charge in [-0.15, -0.1) is 22.7 Å². The van der Waals surface area contributed by atoms with Crippen LogP contribution >= 0.6 is 34.3 Å². The number of aldehydes is 1. The Kier molecular flexibility index (Phi) is 7.73. The normalized spacial score (nSPS) is 22.8. The molecule has 0 bridgehead atoms. The summed E-state index contributed by atoms with van der Waals surface area (Å²) in [4.78, 5) is 30.2. The van der Waals surface area contributed by atoms with Gasteiger partial charge in [0.2, 0.25) is 5.91 Å². The van der Waals surface area contributed by atoms with E-state index in [9.17, 15) is 23.3 Å². The minimum atomic E-state index is -4.12. The van der Waals surface area contributed by atoms with Gasteiger partial charge in [0.1, 0.15) is 29.1 Å². The summed E-state index contributed by atoms with van der Waals surface area (Å²) in [5.74, 6) is -0.491. The average Bonchev–Trinajstić information content (AvgIpc) is 3.54. The maximum absolute atomic E-state index is 13.5. The molecule has 9 nitrogen and oxygen atoms in total. The van der Waals surface area contributed by atoms with Gasteiger partial charge in [0.15, 0.2) is 0 Å². The second-order valence-electron chi connectivity index (χ2n) is 8.07. The third-order valence-corrected chi connectivity index (χ3v) is 10.8. The molecule has 0 aliphatic carbocycles. The van der Waals surface area contributed by atoms with E-state index >= 15 is 0 Å². The van der Waals surface area contributed by atoms with Crippen LogP contribution in [0.4, 0.5) is 0 Å². The number of morpholine rings is 1. The van der Waals surface area contributed by atoms with E-state index in [4.69, 9.17) is 16.3 Å². The van der Waals surface area contributed by atoms with Crippen LogP contribution in [0.3, 0.4) is 0 Å². The number of amides is 1. The number of halogens is 1. The lowest BCUT2D eigenvalue weighted by Gasteiger charge is -2.37. The minimum Gasteiger partial charge on any atom is -0.373 e. The van der Waals surface area contributed by atoms with Crippen molar-refractivity contribution in [2.75, 3.05) is 39.8 Å². The molecule has 1 amide bonds. The number of rotatable bonds is 8. The van der Waals surface area contributed by atoms with Crippen molar-refractivity contribution in [1.82, 2.24) is 14.1 Å². The Balaban J connectivity index is 1.57. The van der Waals surface area contributed by atoms with Crippen LogP contribution in [0.25, 0.3) is 9.75 Å². The number of carbonyl (C=O) groups is 2. The zero-order valence-corrected chi connectivity index (χ0v) is 21.5. The van der Waals surface area contributed by atoms with Gasteiger partial charge in [0, 0.05) is 29.4 Å². The standard InChI is InChI=1S/C21H23ClN4O5S3/c1-24-10-11-31-16(12-24)15(13-27)25-8-6-14(21(25)28)26(9-7-23)34(29,30)20-5-3-18(33-20)17-2-4-19(22)32-17/h2-5,13-16H,6,8-12H2,1H3/t14-,15+,16?/m0/s1. The van der Waals surface area contributed by atoms with Crippen molar-refractivity contribution in [2.24, 2.45) is 0 Å². The fourth-order valence-electron chi connectivity index (χ4n) is 4.21. The van der Waals surface area contributed by atoms with E-state index in [1.807, 2.05) is 24.1 Å². The Morgan fingerprint density at radius 2 is 2.03 bits per heavy atom. The Bertz CT molecular complexity index is 1210. The molecule has 0 aromatic carbocycles. The Morgan fingerprint density at radius 1 is 1.29 bits per heavy atom. The number of nitrogens with zero attached hydrogens (tertiary/aromatic N) is 4. The van der Waals surface area contributed by atoms with Crippen LogP contribution in [0.15, 0.2) is 28.5 Å². The van der Waals surface area contributed by atoms with Gasteiger partial charge in [0.05, 0.1) is 23.1 Å². The molecule has 0 saturated carbocycles. The van der Waals surface area contributed by atoms with Gasteiger partial charge in [-0.05, 0) is 37.7 Å². The molecule has 34 heavy (non-hydrogen) atoms. The number of likely N-dealkylation sites (tertiary alicyclic amines) is 1. The van der Waals surface area contributed by atoms with Crippen LogP contribution in [0.5, 0.6) is 0 Å². The largest absolute Gasteiger partial charge is 0.373 e. The maximum Gasteiger partial charge on any atom is 0.254 e. The first-order valence-electron chi connectivity index (χ1n) is 10.6. The van der Waals surface area contributed by atoms with Crippen LogP contribution in [0, 0.1) is 11.3 Å². The van der Waals surface area contributed by atoms with E-state index in [-0.39, 0.29) is 17.2 Å². The lowest BCUT2D eigenvalue weighted by molar-refractivity contribution is -0.142. The molecule has 182 valence electrons. The SMILES string of the molecule is CN1CCOC([C@@H](C=O)N2CC[C@H](N(CC#N)S(=O)(=O)c3ccc(-c4ccc(Cl)s4)s3)C2=O)C1. The van der Waals surface area contributed by atoms with Gasteiger partial charge >= 0.3 is 0 Å². The zero-order valence-electron chi connectivity index (χ0n) is 18.3. The molecule has 2 saturated heterocycles. The second kappa shape index (κ2) is 10.4. The van der Waals surface area contributed by atoms with E-state index in [1.165, 1.54) is 22.3 Å². The molecule has 2 aliphatic rings. The molecular weight excluding hydrogens is 520 g/mol. The highest BCUT2D eigenvalue weighted by Crippen LogP contribution is 2.38. The minimum absolute atomic E-state index is 0.0395. The summed E-state index contributed by atoms with van der Waals surface area (Å²) in [6.07, 6.45) is 0.383. The molecule has 0 radical (unpaired) electrons. The first kappa shape index (κ1) is 25.2. The Hall–Kier alpha value is -1.85. The van der Waals surface area contributed by atoms with Crippen LogP contribution in [-0.4, -0.2) is 92.7 Å². The summed E-state index contributed by atoms with van der Waals surface area (Å²) in [6.45, 7) is 1.40. The first-order valence-corrected chi connectivity index (χ1v) is 14.0. The molecule has 3 atom stereocenters. The molecule has 2 aromatic rings. The van der Waals surface area contributed by atoms with Gasteiger partial charge in [-0.2, -0.15) is 9.57 Å². The lowest BCUT2D eigenvalue weighted by atomic mass is 10.1. The number of hydrogen-bond acceptors (Lipinski definition) is 9.